The van der Waals surface area contributed by atoms with Crippen LogP contribution in [0.15, 0.2) is 0 Å². The first-order valence-corrected chi connectivity index (χ1v) is 5.64. The number of rotatable bonds is 3. The number of piperidine rings is 1. The molecule has 3 aliphatic heterocycles. The van der Waals surface area contributed by atoms with E-state index in [9.17, 15) is 9.90 Å². The van der Waals surface area contributed by atoms with Gasteiger partial charge in [-0.1, -0.05) is 0 Å². The van der Waals surface area contributed by atoms with Crippen LogP contribution in [0.5, 0.6) is 0 Å². The maximum absolute atomic E-state index is 12.3. The predicted octanol–water partition coefficient (Wildman–Crippen LogP) is 0.0487. The molecule has 3 heterocycles. The van der Waals surface area contributed by atoms with E-state index in [1.807, 2.05) is 0 Å². The van der Waals surface area contributed by atoms with Crippen molar-refractivity contribution in [3.8, 4) is 0 Å². The van der Waals surface area contributed by atoms with Crippen molar-refractivity contribution in [3.05, 3.63) is 0 Å². The first-order chi connectivity index (χ1) is 7.24. The van der Waals surface area contributed by atoms with Crippen molar-refractivity contribution >= 4 is 5.78 Å². The SMILES string of the molecule is COCC1(CO)C(=O)C2CCCN1CC2. The lowest BCUT2D eigenvalue weighted by molar-refractivity contribution is -0.147. The van der Waals surface area contributed by atoms with E-state index in [2.05, 4.69) is 4.90 Å². The molecular formula is C11H19NO3. The fraction of sp³-hybridized carbons (Fsp3) is 0.909. The number of aliphatic hydroxyl groups excluding tert-OH is 1. The van der Waals surface area contributed by atoms with Gasteiger partial charge in [0.1, 0.15) is 5.54 Å². The van der Waals surface area contributed by atoms with Crippen LogP contribution < -0.4 is 0 Å². The van der Waals surface area contributed by atoms with E-state index in [1.165, 1.54) is 0 Å². The van der Waals surface area contributed by atoms with Crippen molar-refractivity contribution in [1.29, 1.82) is 0 Å². The van der Waals surface area contributed by atoms with Crippen LogP contribution in [0.2, 0.25) is 0 Å². The topological polar surface area (TPSA) is 49.8 Å². The van der Waals surface area contributed by atoms with Gasteiger partial charge in [-0.3, -0.25) is 9.69 Å². The predicted molar refractivity (Wildman–Crippen MR) is 55.6 cm³/mol. The molecular weight excluding hydrogens is 194 g/mol. The second-order valence-electron chi connectivity index (χ2n) is 4.60. The number of nitrogens with zero attached hydrogens (tertiary/aromatic N) is 1. The number of carbonyl (C=O) groups excluding carboxylic acids is 1. The van der Waals surface area contributed by atoms with Crippen LogP contribution in [0.1, 0.15) is 19.3 Å². The summed E-state index contributed by atoms with van der Waals surface area (Å²) in [4.78, 5) is 14.4. The highest BCUT2D eigenvalue weighted by molar-refractivity contribution is 5.91. The minimum atomic E-state index is -0.742. The van der Waals surface area contributed by atoms with Crippen molar-refractivity contribution in [2.45, 2.75) is 24.8 Å². The van der Waals surface area contributed by atoms with Crippen molar-refractivity contribution in [2.75, 3.05) is 33.4 Å². The standard InChI is InChI=1S/C11H19NO3/c1-15-8-11(7-13)10(14)9-3-2-5-12(11)6-4-9/h9,13H,2-8H2,1H3. The van der Waals surface area contributed by atoms with E-state index >= 15 is 0 Å². The summed E-state index contributed by atoms with van der Waals surface area (Å²) in [6, 6.07) is 0. The number of aliphatic hydroxyl groups is 1. The summed E-state index contributed by atoms with van der Waals surface area (Å²) in [5, 5.41) is 9.55. The minimum Gasteiger partial charge on any atom is -0.394 e. The Balaban J connectivity index is 2.30. The second-order valence-corrected chi connectivity index (χ2v) is 4.60. The molecule has 1 N–H and O–H groups in total. The Hall–Kier alpha value is -0.450. The summed E-state index contributed by atoms with van der Waals surface area (Å²) in [5.74, 6) is 0.335. The molecule has 4 nitrogen and oxygen atoms in total. The van der Waals surface area contributed by atoms with Crippen molar-refractivity contribution in [1.82, 2.24) is 4.90 Å². The van der Waals surface area contributed by atoms with Crippen molar-refractivity contribution in [3.63, 3.8) is 0 Å². The maximum atomic E-state index is 12.3. The maximum Gasteiger partial charge on any atom is 0.160 e. The van der Waals surface area contributed by atoms with Crippen molar-refractivity contribution in [2.24, 2.45) is 5.92 Å². The van der Waals surface area contributed by atoms with Crippen LogP contribution in [0.25, 0.3) is 0 Å². The van der Waals surface area contributed by atoms with Gasteiger partial charge in [0.2, 0.25) is 0 Å². The summed E-state index contributed by atoms with van der Waals surface area (Å²) < 4.78 is 5.13. The Bertz CT molecular complexity index is 252. The molecule has 4 heteroatoms. The van der Waals surface area contributed by atoms with Crippen LogP contribution in [0.4, 0.5) is 0 Å². The molecule has 86 valence electrons. The monoisotopic (exact) mass is 213 g/mol. The number of ether oxygens (including phenoxy) is 1. The van der Waals surface area contributed by atoms with E-state index < -0.39 is 5.54 Å². The number of fused-ring (bicyclic) bond motifs is 4. The molecule has 0 amide bonds. The van der Waals surface area contributed by atoms with Gasteiger partial charge in [-0.05, 0) is 32.4 Å². The quantitative estimate of drug-likeness (QED) is 0.719. The molecule has 0 saturated carbocycles. The van der Waals surface area contributed by atoms with Gasteiger partial charge >= 0.3 is 0 Å². The zero-order valence-corrected chi connectivity index (χ0v) is 9.24. The smallest absolute Gasteiger partial charge is 0.160 e. The van der Waals surface area contributed by atoms with Crippen molar-refractivity contribution < 1.29 is 14.6 Å². The lowest BCUT2D eigenvalue weighted by Gasteiger charge is -2.44. The van der Waals surface area contributed by atoms with Gasteiger partial charge in [0.05, 0.1) is 13.2 Å². The molecule has 3 aliphatic rings. The lowest BCUT2D eigenvalue weighted by atomic mass is 9.80. The average molecular weight is 213 g/mol. The summed E-state index contributed by atoms with van der Waals surface area (Å²) in [7, 11) is 1.59. The highest BCUT2D eigenvalue weighted by Crippen LogP contribution is 2.35. The van der Waals surface area contributed by atoms with E-state index in [1.54, 1.807) is 7.11 Å². The summed E-state index contributed by atoms with van der Waals surface area (Å²) in [5.41, 5.74) is -0.742. The first kappa shape index (κ1) is 11.0. The Kier molecular flexibility index (Phi) is 3.09. The first-order valence-electron chi connectivity index (χ1n) is 5.64. The zero-order chi connectivity index (χ0) is 10.9. The Morgan fingerprint density at radius 3 is 3.00 bits per heavy atom. The van der Waals surface area contributed by atoms with Crippen LogP contribution >= 0.6 is 0 Å². The fourth-order valence-electron chi connectivity index (χ4n) is 2.95. The molecule has 0 aromatic rings. The third-order valence-electron chi connectivity index (χ3n) is 3.81. The Morgan fingerprint density at radius 1 is 1.53 bits per heavy atom. The molecule has 2 bridgehead atoms. The molecule has 0 spiro atoms. The summed E-state index contributed by atoms with van der Waals surface area (Å²) >= 11 is 0. The molecule has 0 aromatic carbocycles. The van der Waals surface area contributed by atoms with Crippen LogP contribution in [-0.4, -0.2) is 54.7 Å². The largest absolute Gasteiger partial charge is 0.394 e. The molecule has 3 saturated heterocycles. The van der Waals surface area contributed by atoms with E-state index in [0.717, 1.165) is 32.4 Å². The van der Waals surface area contributed by atoms with Crippen LogP contribution in [0, 0.1) is 5.92 Å². The van der Waals surface area contributed by atoms with Crippen LogP contribution in [0.3, 0.4) is 0 Å². The van der Waals surface area contributed by atoms with Gasteiger partial charge in [-0.15, -0.1) is 0 Å². The second kappa shape index (κ2) is 4.20. The summed E-state index contributed by atoms with van der Waals surface area (Å²) in [6.07, 6.45) is 2.98. The molecule has 3 atom stereocenters. The van der Waals surface area contributed by atoms with Gasteiger partial charge in [-0.2, -0.15) is 0 Å². The molecule has 3 unspecified atom stereocenters. The molecule has 0 radical (unpaired) electrons. The van der Waals surface area contributed by atoms with Gasteiger partial charge in [0, 0.05) is 13.0 Å². The van der Waals surface area contributed by atoms with E-state index in [0.29, 0.717) is 6.61 Å². The molecule has 3 fully saturated rings. The van der Waals surface area contributed by atoms with Gasteiger partial charge in [0.25, 0.3) is 0 Å². The van der Waals surface area contributed by atoms with Crippen LogP contribution in [-0.2, 0) is 9.53 Å². The highest BCUT2D eigenvalue weighted by Gasteiger charge is 2.50. The summed E-state index contributed by atoms with van der Waals surface area (Å²) in [6.45, 7) is 2.03. The fourth-order valence-corrected chi connectivity index (χ4v) is 2.95. The minimum absolute atomic E-state index is 0.115. The normalized spacial score (nSPS) is 40.5. The van der Waals surface area contributed by atoms with Gasteiger partial charge in [0.15, 0.2) is 5.78 Å². The van der Waals surface area contributed by atoms with E-state index in [4.69, 9.17) is 4.74 Å². The number of methoxy groups -OCH3 is 1. The zero-order valence-electron chi connectivity index (χ0n) is 9.24. The third-order valence-corrected chi connectivity index (χ3v) is 3.81. The number of Topliss-reactive ketones (excluding diaryl/α,β-unsaturated/α-hetero) is 1. The molecule has 0 aliphatic carbocycles. The van der Waals surface area contributed by atoms with Gasteiger partial charge < -0.3 is 9.84 Å². The lowest BCUT2D eigenvalue weighted by Crippen LogP contribution is -2.64. The average Bonchev–Trinajstić information content (AvgIpc) is 2.55. The number of carbonyl (C=O) groups is 1. The third kappa shape index (κ3) is 1.61. The van der Waals surface area contributed by atoms with E-state index in [-0.39, 0.29) is 18.3 Å². The number of hydrogen-bond acceptors (Lipinski definition) is 4. The Labute approximate surface area is 90.2 Å². The Morgan fingerprint density at radius 2 is 2.33 bits per heavy atom. The number of ketones is 1. The number of hydrogen-bond donors (Lipinski definition) is 1. The molecule has 3 rings (SSSR count). The highest BCUT2D eigenvalue weighted by atomic mass is 16.5. The van der Waals surface area contributed by atoms with Gasteiger partial charge in [-0.25, -0.2) is 0 Å². The molecule has 0 aromatic heterocycles. The molecule has 15 heavy (non-hydrogen) atoms.